The molecule has 18 heavy (non-hydrogen) atoms. The molecule has 4 heteroatoms. The van der Waals surface area contributed by atoms with Gasteiger partial charge >= 0.3 is 0 Å². The molecule has 1 amide bonds. The summed E-state index contributed by atoms with van der Waals surface area (Å²) in [5.74, 6) is 1.79. The van der Waals surface area contributed by atoms with E-state index in [1.54, 1.807) is 11.8 Å². The Kier molecular flexibility index (Phi) is 4.73. The normalized spacial score (nSPS) is 28.8. The van der Waals surface area contributed by atoms with Gasteiger partial charge in [-0.05, 0) is 32.9 Å². The molecule has 0 bridgehead atoms. The molecule has 2 rings (SSSR count). The summed E-state index contributed by atoms with van der Waals surface area (Å²) in [6.07, 6.45) is 5.58. The number of piperidine rings is 1. The molecular weight excluding hydrogens is 244 g/mol. The van der Waals surface area contributed by atoms with Gasteiger partial charge in [-0.25, -0.2) is 0 Å². The fourth-order valence-corrected chi connectivity index (χ4v) is 3.88. The number of carbonyl (C=O) groups is 1. The van der Waals surface area contributed by atoms with E-state index in [1.165, 1.54) is 25.8 Å². The van der Waals surface area contributed by atoms with Crippen molar-refractivity contribution in [1.82, 2.24) is 9.80 Å². The van der Waals surface area contributed by atoms with Crippen LogP contribution < -0.4 is 0 Å². The van der Waals surface area contributed by atoms with Gasteiger partial charge in [0, 0.05) is 30.8 Å². The van der Waals surface area contributed by atoms with Crippen molar-refractivity contribution in [3.63, 3.8) is 0 Å². The van der Waals surface area contributed by atoms with Crippen LogP contribution in [0.5, 0.6) is 0 Å². The van der Waals surface area contributed by atoms with Gasteiger partial charge in [-0.1, -0.05) is 6.08 Å². The SMILES string of the molecule is C=CCSCC(=O)N1CCC[C@@]2(CCN(C)C2)C1. The number of hydrogen-bond donors (Lipinski definition) is 0. The highest BCUT2D eigenvalue weighted by atomic mass is 32.2. The van der Waals surface area contributed by atoms with Crippen LogP contribution >= 0.6 is 11.8 Å². The molecule has 3 nitrogen and oxygen atoms in total. The monoisotopic (exact) mass is 268 g/mol. The van der Waals surface area contributed by atoms with Gasteiger partial charge in [0.1, 0.15) is 0 Å². The van der Waals surface area contributed by atoms with Gasteiger partial charge in [0.2, 0.25) is 5.91 Å². The molecule has 0 aliphatic carbocycles. The molecule has 1 spiro atoms. The summed E-state index contributed by atoms with van der Waals surface area (Å²) >= 11 is 1.67. The van der Waals surface area contributed by atoms with Gasteiger partial charge < -0.3 is 9.80 Å². The Balaban J connectivity index is 1.86. The zero-order chi connectivity index (χ0) is 13.0. The van der Waals surface area contributed by atoms with Crippen molar-refractivity contribution in [2.45, 2.75) is 19.3 Å². The Morgan fingerprint density at radius 1 is 1.39 bits per heavy atom. The molecule has 2 saturated heterocycles. The fourth-order valence-electron chi connectivity index (χ4n) is 3.23. The zero-order valence-electron chi connectivity index (χ0n) is 11.4. The van der Waals surface area contributed by atoms with Crippen molar-refractivity contribution >= 4 is 17.7 Å². The molecule has 0 N–H and O–H groups in total. The van der Waals surface area contributed by atoms with Crippen LogP contribution in [0.2, 0.25) is 0 Å². The molecule has 2 aliphatic rings. The molecular formula is C14H24N2OS. The molecule has 0 aromatic heterocycles. The Morgan fingerprint density at radius 2 is 2.22 bits per heavy atom. The molecule has 0 saturated carbocycles. The predicted octanol–water partition coefficient (Wildman–Crippen LogP) is 1.85. The highest BCUT2D eigenvalue weighted by Crippen LogP contribution is 2.38. The first-order valence-corrected chi connectivity index (χ1v) is 7.96. The van der Waals surface area contributed by atoms with Crippen molar-refractivity contribution in [2.24, 2.45) is 5.41 Å². The van der Waals surface area contributed by atoms with E-state index in [9.17, 15) is 4.79 Å². The first kappa shape index (κ1) is 13.9. The van der Waals surface area contributed by atoms with E-state index < -0.39 is 0 Å². The molecule has 0 aromatic carbocycles. The number of rotatable bonds is 4. The van der Waals surface area contributed by atoms with Crippen molar-refractivity contribution in [3.8, 4) is 0 Å². The van der Waals surface area contributed by atoms with Gasteiger partial charge in [0.25, 0.3) is 0 Å². The lowest BCUT2D eigenvalue weighted by atomic mass is 9.79. The van der Waals surface area contributed by atoms with E-state index in [4.69, 9.17) is 0 Å². The Morgan fingerprint density at radius 3 is 2.89 bits per heavy atom. The van der Waals surface area contributed by atoms with Crippen LogP contribution in [0.4, 0.5) is 0 Å². The average Bonchev–Trinajstić information content (AvgIpc) is 2.70. The lowest BCUT2D eigenvalue weighted by Crippen LogP contribution is -2.47. The highest BCUT2D eigenvalue weighted by Gasteiger charge is 2.41. The van der Waals surface area contributed by atoms with Crippen molar-refractivity contribution < 1.29 is 4.79 Å². The molecule has 2 aliphatic heterocycles. The summed E-state index contributed by atoms with van der Waals surface area (Å²) < 4.78 is 0. The maximum atomic E-state index is 12.2. The third-order valence-corrected chi connectivity index (χ3v) is 5.03. The maximum Gasteiger partial charge on any atom is 0.232 e. The van der Waals surface area contributed by atoms with Crippen molar-refractivity contribution in [1.29, 1.82) is 0 Å². The molecule has 1 atom stereocenters. The number of likely N-dealkylation sites (tertiary alicyclic amines) is 2. The van der Waals surface area contributed by atoms with Crippen LogP contribution in [0.3, 0.4) is 0 Å². The average molecular weight is 268 g/mol. The van der Waals surface area contributed by atoms with Crippen LogP contribution in [0.15, 0.2) is 12.7 Å². The second kappa shape index (κ2) is 6.11. The van der Waals surface area contributed by atoms with E-state index in [1.807, 2.05) is 6.08 Å². The fraction of sp³-hybridized carbons (Fsp3) is 0.786. The summed E-state index contributed by atoms with van der Waals surface area (Å²) in [5, 5.41) is 0. The minimum Gasteiger partial charge on any atom is -0.341 e. The van der Waals surface area contributed by atoms with Crippen LogP contribution in [0, 0.1) is 5.41 Å². The molecule has 2 heterocycles. The Bertz CT molecular complexity index is 317. The Hall–Kier alpha value is -0.480. The molecule has 2 fully saturated rings. The lowest BCUT2D eigenvalue weighted by molar-refractivity contribution is -0.131. The summed E-state index contributed by atoms with van der Waals surface area (Å²) in [4.78, 5) is 16.7. The molecule has 0 aromatic rings. The zero-order valence-corrected chi connectivity index (χ0v) is 12.2. The summed E-state index contributed by atoms with van der Waals surface area (Å²) in [7, 11) is 2.19. The van der Waals surface area contributed by atoms with E-state index in [0.29, 0.717) is 17.1 Å². The highest BCUT2D eigenvalue weighted by molar-refractivity contribution is 8.00. The third-order valence-electron chi connectivity index (χ3n) is 4.10. The summed E-state index contributed by atoms with van der Waals surface area (Å²) in [6.45, 7) is 7.97. The van der Waals surface area contributed by atoms with Gasteiger partial charge in [-0.3, -0.25) is 4.79 Å². The number of hydrogen-bond acceptors (Lipinski definition) is 3. The second-order valence-corrected chi connectivity index (χ2v) is 6.74. The summed E-state index contributed by atoms with van der Waals surface area (Å²) in [5.41, 5.74) is 0.395. The maximum absolute atomic E-state index is 12.2. The summed E-state index contributed by atoms with van der Waals surface area (Å²) in [6, 6.07) is 0. The minimum atomic E-state index is 0.315. The largest absolute Gasteiger partial charge is 0.341 e. The quantitative estimate of drug-likeness (QED) is 0.574. The lowest BCUT2D eigenvalue weighted by Gasteiger charge is -2.40. The van der Waals surface area contributed by atoms with Crippen LogP contribution in [-0.4, -0.2) is 60.4 Å². The number of thioether (sulfide) groups is 1. The third kappa shape index (κ3) is 3.29. The predicted molar refractivity (Wildman–Crippen MR) is 77.9 cm³/mol. The van der Waals surface area contributed by atoms with Crippen molar-refractivity contribution in [3.05, 3.63) is 12.7 Å². The van der Waals surface area contributed by atoms with Crippen molar-refractivity contribution in [2.75, 3.05) is 44.7 Å². The standard InChI is InChI=1S/C14H24N2OS/c1-3-9-18-10-13(17)16-7-4-5-14(12-16)6-8-15(2)11-14/h3H,1,4-12H2,2H3/t14-/m0/s1. The Labute approximate surface area is 115 Å². The second-order valence-electron chi connectivity index (χ2n) is 5.71. The van der Waals surface area contributed by atoms with Crippen LogP contribution in [0.1, 0.15) is 19.3 Å². The molecule has 102 valence electrons. The topological polar surface area (TPSA) is 23.6 Å². The van der Waals surface area contributed by atoms with E-state index >= 15 is 0 Å². The number of nitrogens with zero attached hydrogens (tertiary/aromatic N) is 2. The van der Waals surface area contributed by atoms with Crippen LogP contribution in [0.25, 0.3) is 0 Å². The van der Waals surface area contributed by atoms with Gasteiger partial charge in [-0.2, -0.15) is 0 Å². The number of carbonyl (C=O) groups excluding carboxylic acids is 1. The van der Waals surface area contributed by atoms with Gasteiger partial charge in [0.15, 0.2) is 0 Å². The molecule has 0 unspecified atom stereocenters. The van der Waals surface area contributed by atoms with E-state index in [-0.39, 0.29) is 0 Å². The van der Waals surface area contributed by atoms with E-state index in [2.05, 4.69) is 23.4 Å². The first-order chi connectivity index (χ1) is 8.65. The smallest absolute Gasteiger partial charge is 0.232 e. The van der Waals surface area contributed by atoms with Crippen LogP contribution in [-0.2, 0) is 4.79 Å². The van der Waals surface area contributed by atoms with Gasteiger partial charge in [0.05, 0.1) is 5.75 Å². The van der Waals surface area contributed by atoms with E-state index in [0.717, 1.165) is 25.4 Å². The minimum absolute atomic E-state index is 0.315. The first-order valence-electron chi connectivity index (χ1n) is 6.80. The molecule has 0 radical (unpaired) electrons. The van der Waals surface area contributed by atoms with Gasteiger partial charge in [-0.15, -0.1) is 18.3 Å². The number of amides is 1.